The lowest BCUT2D eigenvalue weighted by molar-refractivity contribution is 0.278. The Balaban J connectivity index is 2.29. The highest BCUT2D eigenvalue weighted by atomic mass is 79.9. The van der Waals surface area contributed by atoms with Crippen molar-refractivity contribution in [1.82, 2.24) is 4.31 Å². The van der Waals surface area contributed by atoms with Gasteiger partial charge >= 0.3 is 0 Å². The van der Waals surface area contributed by atoms with E-state index in [-0.39, 0.29) is 0 Å². The van der Waals surface area contributed by atoms with Crippen LogP contribution in [0.2, 0.25) is 0 Å². The first-order chi connectivity index (χ1) is 9.86. The zero-order valence-electron chi connectivity index (χ0n) is 12.4. The number of hydrogen-bond acceptors (Lipinski definition) is 4. The Bertz CT molecular complexity index is 596. The SMILES string of the molecule is CN(C)c1ccc(Br)c(S(=O)(=O)N2CCC(CN)CC2)c1. The molecule has 1 aliphatic rings. The molecule has 0 saturated carbocycles. The van der Waals surface area contributed by atoms with Crippen molar-refractivity contribution in [1.29, 1.82) is 0 Å². The molecule has 0 spiro atoms. The fourth-order valence-electron chi connectivity index (χ4n) is 2.49. The van der Waals surface area contributed by atoms with Gasteiger partial charge in [0, 0.05) is 37.3 Å². The van der Waals surface area contributed by atoms with Crippen molar-refractivity contribution in [3.05, 3.63) is 22.7 Å². The van der Waals surface area contributed by atoms with Crippen LogP contribution in [0.15, 0.2) is 27.6 Å². The van der Waals surface area contributed by atoms with Crippen LogP contribution in [0, 0.1) is 5.92 Å². The van der Waals surface area contributed by atoms with Crippen molar-refractivity contribution >= 4 is 31.6 Å². The highest BCUT2D eigenvalue weighted by Crippen LogP contribution is 2.31. The summed E-state index contributed by atoms with van der Waals surface area (Å²) in [5.74, 6) is 0.438. The Hall–Kier alpha value is -0.630. The maximum absolute atomic E-state index is 12.8. The van der Waals surface area contributed by atoms with Gasteiger partial charge in [-0.15, -0.1) is 0 Å². The zero-order valence-corrected chi connectivity index (χ0v) is 14.8. The van der Waals surface area contributed by atoms with E-state index in [1.54, 1.807) is 16.4 Å². The lowest BCUT2D eigenvalue weighted by atomic mass is 9.99. The molecule has 0 radical (unpaired) electrons. The van der Waals surface area contributed by atoms with Crippen LogP contribution in [0.25, 0.3) is 0 Å². The fraction of sp³-hybridized carbons (Fsp3) is 0.571. The predicted molar refractivity (Wildman–Crippen MR) is 89.0 cm³/mol. The first-order valence-corrected chi connectivity index (χ1v) is 9.26. The summed E-state index contributed by atoms with van der Waals surface area (Å²) in [4.78, 5) is 2.23. The lowest BCUT2D eigenvalue weighted by Gasteiger charge is -2.31. The summed E-state index contributed by atoms with van der Waals surface area (Å²) in [7, 11) is 0.329. The molecule has 0 bridgehead atoms. The third-order valence-corrected chi connectivity index (χ3v) is 6.85. The van der Waals surface area contributed by atoms with Gasteiger partial charge in [-0.05, 0) is 59.4 Å². The fourth-order valence-corrected chi connectivity index (χ4v) is 4.91. The molecule has 7 heteroatoms. The molecule has 0 aliphatic carbocycles. The van der Waals surface area contributed by atoms with Gasteiger partial charge in [-0.1, -0.05) is 0 Å². The van der Waals surface area contributed by atoms with Crippen LogP contribution in [0.3, 0.4) is 0 Å². The van der Waals surface area contributed by atoms with Gasteiger partial charge in [0.05, 0.1) is 4.90 Å². The average Bonchev–Trinajstić information content (AvgIpc) is 2.47. The van der Waals surface area contributed by atoms with E-state index in [0.717, 1.165) is 18.5 Å². The highest BCUT2D eigenvalue weighted by molar-refractivity contribution is 9.10. The van der Waals surface area contributed by atoms with Crippen LogP contribution >= 0.6 is 15.9 Å². The van der Waals surface area contributed by atoms with Crippen LogP contribution in [0.5, 0.6) is 0 Å². The minimum absolute atomic E-state index is 0.333. The molecular weight excluding hydrogens is 354 g/mol. The van der Waals surface area contributed by atoms with E-state index in [9.17, 15) is 8.42 Å². The largest absolute Gasteiger partial charge is 0.378 e. The van der Waals surface area contributed by atoms with Gasteiger partial charge in [-0.3, -0.25) is 0 Å². The molecule has 5 nitrogen and oxygen atoms in total. The van der Waals surface area contributed by atoms with Gasteiger partial charge in [0.15, 0.2) is 0 Å². The van der Waals surface area contributed by atoms with Gasteiger partial charge in [-0.25, -0.2) is 8.42 Å². The quantitative estimate of drug-likeness (QED) is 0.872. The molecule has 118 valence electrons. The maximum Gasteiger partial charge on any atom is 0.244 e. The molecule has 1 heterocycles. The third kappa shape index (κ3) is 3.59. The van der Waals surface area contributed by atoms with Crippen LogP contribution in [0.1, 0.15) is 12.8 Å². The Morgan fingerprint density at radius 2 is 1.95 bits per heavy atom. The van der Waals surface area contributed by atoms with Gasteiger partial charge in [0.25, 0.3) is 0 Å². The summed E-state index contributed by atoms with van der Waals surface area (Å²) in [6.07, 6.45) is 1.67. The van der Waals surface area contributed by atoms with Crippen molar-refractivity contribution in [3.63, 3.8) is 0 Å². The third-order valence-electron chi connectivity index (χ3n) is 3.96. The van der Waals surface area contributed by atoms with Gasteiger partial charge in [0.1, 0.15) is 0 Å². The summed E-state index contributed by atoms with van der Waals surface area (Å²) in [5.41, 5.74) is 6.53. The molecule has 1 aromatic rings. The number of piperidine rings is 1. The van der Waals surface area contributed by atoms with E-state index in [4.69, 9.17) is 5.73 Å². The number of nitrogens with two attached hydrogens (primary N) is 1. The van der Waals surface area contributed by atoms with Crippen LogP contribution in [-0.2, 0) is 10.0 Å². The Kier molecular flexibility index (Phi) is 5.29. The normalized spacial score (nSPS) is 17.9. The number of rotatable bonds is 4. The molecule has 1 aliphatic heterocycles. The minimum Gasteiger partial charge on any atom is -0.378 e. The second-order valence-corrected chi connectivity index (χ2v) is 8.35. The molecular formula is C14H22BrN3O2S. The van der Waals surface area contributed by atoms with Gasteiger partial charge in [0.2, 0.25) is 10.0 Å². The number of benzene rings is 1. The highest BCUT2D eigenvalue weighted by Gasteiger charge is 2.30. The Morgan fingerprint density at radius 3 is 2.48 bits per heavy atom. The second-order valence-electron chi connectivity index (χ2n) is 5.59. The number of anilines is 1. The molecule has 2 rings (SSSR count). The van der Waals surface area contributed by atoms with E-state index >= 15 is 0 Å². The summed E-state index contributed by atoms with van der Waals surface area (Å²) in [5, 5.41) is 0. The van der Waals surface area contributed by atoms with E-state index in [2.05, 4.69) is 15.9 Å². The summed E-state index contributed by atoms with van der Waals surface area (Å²) >= 11 is 3.36. The molecule has 1 saturated heterocycles. The molecule has 0 aromatic heterocycles. The number of hydrogen-bond donors (Lipinski definition) is 1. The minimum atomic E-state index is -3.46. The van der Waals surface area contributed by atoms with Crippen LogP contribution < -0.4 is 10.6 Å². The van der Waals surface area contributed by atoms with E-state index in [1.165, 1.54) is 0 Å². The van der Waals surface area contributed by atoms with Crippen molar-refractivity contribution in [2.45, 2.75) is 17.7 Å². The average molecular weight is 376 g/mol. The maximum atomic E-state index is 12.8. The molecule has 0 amide bonds. The molecule has 21 heavy (non-hydrogen) atoms. The van der Waals surface area contributed by atoms with Crippen molar-refractivity contribution in [2.24, 2.45) is 11.7 Å². The summed E-state index contributed by atoms with van der Waals surface area (Å²) in [6, 6.07) is 5.40. The summed E-state index contributed by atoms with van der Waals surface area (Å²) in [6.45, 7) is 1.72. The lowest BCUT2D eigenvalue weighted by Crippen LogP contribution is -2.40. The monoisotopic (exact) mass is 375 g/mol. The molecule has 0 atom stereocenters. The van der Waals surface area contributed by atoms with E-state index in [0.29, 0.717) is 34.9 Å². The number of sulfonamides is 1. The smallest absolute Gasteiger partial charge is 0.244 e. The van der Waals surface area contributed by atoms with Crippen LogP contribution in [0.4, 0.5) is 5.69 Å². The second kappa shape index (κ2) is 6.64. The molecule has 1 aromatic carbocycles. The number of halogens is 1. The first-order valence-electron chi connectivity index (χ1n) is 7.03. The molecule has 2 N–H and O–H groups in total. The molecule has 1 fully saturated rings. The summed E-state index contributed by atoms with van der Waals surface area (Å²) < 4.78 is 27.8. The van der Waals surface area contributed by atoms with E-state index < -0.39 is 10.0 Å². The molecule has 0 unspecified atom stereocenters. The van der Waals surface area contributed by atoms with Gasteiger partial charge < -0.3 is 10.6 Å². The standard InChI is InChI=1S/C14H22BrN3O2S/c1-17(2)12-3-4-13(15)14(9-12)21(19,20)18-7-5-11(10-16)6-8-18/h3-4,9,11H,5-8,10,16H2,1-2H3. The van der Waals surface area contributed by atoms with Crippen LogP contribution in [-0.4, -0.2) is 46.5 Å². The first kappa shape index (κ1) is 16.7. The Labute approximate surface area is 135 Å². The van der Waals surface area contributed by atoms with Gasteiger partial charge in [-0.2, -0.15) is 4.31 Å². The topological polar surface area (TPSA) is 66.6 Å². The van der Waals surface area contributed by atoms with Crippen molar-refractivity contribution < 1.29 is 8.42 Å². The predicted octanol–water partition coefficient (Wildman–Crippen LogP) is 1.87. The number of nitrogens with zero attached hydrogens (tertiary/aromatic N) is 2. The zero-order chi connectivity index (χ0) is 15.6. The van der Waals surface area contributed by atoms with Crippen molar-refractivity contribution in [3.8, 4) is 0 Å². The Morgan fingerprint density at radius 1 is 1.33 bits per heavy atom. The van der Waals surface area contributed by atoms with E-state index in [1.807, 2.05) is 25.1 Å². The van der Waals surface area contributed by atoms with Crippen molar-refractivity contribution in [2.75, 3.05) is 38.6 Å².